The zero-order chi connectivity index (χ0) is 18.8. The molecular weight excluding hydrogens is 349 g/mol. The number of hydrogen-bond donors (Lipinski definition) is 2. The minimum absolute atomic E-state index is 0.188. The van der Waals surface area contributed by atoms with Crippen molar-refractivity contribution in [2.75, 3.05) is 17.6 Å². The first-order chi connectivity index (χ1) is 13.2. The van der Waals surface area contributed by atoms with Crippen LogP contribution in [0.5, 0.6) is 0 Å². The molecule has 0 fully saturated rings. The van der Waals surface area contributed by atoms with E-state index in [1.54, 1.807) is 18.5 Å². The topological polar surface area (TPSA) is 108 Å². The summed E-state index contributed by atoms with van der Waals surface area (Å²) in [5.41, 5.74) is 9.60. The van der Waals surface area contributed by atoms with Crippen molar-refractivity contribution in [2.24, 2.45) is 0 Å². The van der Waals surface area contributed by atoms with Gasteiger partial charge in [-0.3, -0.25) is 4.98 Å². The average molecular weight is 367 g/mol. The van der Waals surface area contributed by atoms with E-state index in [1.807, 2.05) is 17.6 Å². The number of imidazole rings is 1. The molecular formula is C18H18FN7O. The molecule has 27 heavy (non-hydrogen) atoms. The Labute approximate surface area is 154 Å². The van der Waals surface area contributed by atoms with Crippen LogP contribution >= 0.6 is 0 Å². The molecule has 1 aromatic carbocycles. The van der Waals surface area contributed by atoms with E-state index in [-0.39, 0.29) is 11.6 Å². The van der Waals surface area contributed by atoms with Crippen LogP contribution in [0.3, 0.4) is 0 Å². The second kappa shape index (κ2) is 7.02. The molecule has 0 aliphatic heterocycles. The Balaban J connectivity index is 1.65. The molecule has 0 aliphatic rings. The zero-order valence-electron chi connectivity index (χ0n) is 14.7. The lowest BCUT2D eigenvalue weighted by Gasteiger charge is -2.10. The molecule has 9 heteroatoms. The largest absolute Gasteiger partial charge is 0.382 e. The molecule has 0 aliphatic carbocycles. The van der Waals surface area contributed by atoms with Gasteiger partial charge in [-0.15, -0.1) is 0 Å². The van der Waals surface area contributed by atoms with Crippen molar-refractivity contribution in [3.63, 3.8) is 0 Å². The summed E-state index contributed by atoms with van der Waals surface area (Å²) in [5.74, 6) is 0.532. The standard InChI is InChI=1S/C18H18FN7O/c1-2-26-16-13(22-7-6-11-4-3-5-12(19)8-11)9-21-10-14(16)23-18(26)15-17(20)25-27-24-15/h3-5,8-10,22H,2,6-7H2,1H3,(H2,20,25). The van der Waals surface area contributed by atoms with Crippen molar-refractivity contribution in [1.29, 1.82) is 0 Å². The van der Waals surface area contributed by atoms with E-state index in [9.17, 15) is 4.39 Å². The fourth-order valence-electron chi connectivity index (χ4n) is 3.09. The number of halogens is 1. The van der Waals surface area contributed by atoms with E-state index in [0.717, 1.165) is 16.8 Å². The number of hydrogen-bond acceptors (Lipinski definition) is 7. The smallest absolute Gasteiger partial charge is 0.199 e. The van der Waals surface area contributed by atoms with E-state index >= 15 is 0 Å². The van der Waals surface area contributed by atoms with Gasteiger partial charge in [0.05, 0.1) is 23.6 Å². The van der Waals surface area contributed by atoms with Crippen LogP contribution in [-0.2, 0) is 13.0 Å². The Morgan fingerprint density at radius 3 is 2.89 bits per heavy atom. The van der Waals surface area contributed by atoms with E-state index in [0.29, 0.717) is 36.5 Å². The highest BCUT2D eigenvalue weighted by Gasteiger charge is 2.20. The van der Waals surface area contributed by atoms with Crippen LogP contribution in [-0.4, -0.2) is 31.4 Å². The quantitative estimate of drug-likeness (QED) is 0.539. The third-order valence-electron chi connectivity index (χ3n) is 4.31. The molecule has 3 N–H and O–H groups in total. The zero-order valence-corrected chi connectivity index (χ0v) is 14.7. The number of nitrogens with zero attached hydrogens (tertiary/aromatic N) is 5. The van der Waals surface area contributed by atoms with Crippen LogP contribution in [0.4, 0.5) is 15.9 Å². The lowest BCUT2D eigenvalue weighted by Crippen LogP contribution is -2.08. The number of rotatable bonds is 6. The number of aryl methyl sites for hydroxylation is 1. The summed E-state index contributed by atoms with van der Waals surface area (Å²) in [6.07, 6.45) is 4.11. The van der Waals surface area contributed by atoms with Crippen molar-refractivity contribution < 1.29 is 9.02 Å². The highest BCUT2D eigenvalue weighted by Crippen LogP contribution is 2.30. The Morgan fingerprint density at radius 2 is 2.15 bits per heavy atom. The lowest BCUT2D eigenvalue weighted by molar-refractivity contribution is 0.310. The van der Waals surface area contributed by atoms with Gasteiger partial charge in [0.25, 0.3) is 0 Å². The monoisotopic (exact) mass is 367 g/mol. The van der Waals surface area contributed by atoms with Gasteiger partial charge in [-0.25, -0.2) is 14.0 Å². The number of pyridine rings is 1. The molecule has 0 bridgehead atoms. The van der Waals surface area contributed by atoms with Gasteiger partial charge in [-0.2, -0.15) is 0 Å². The molecule has 8 nitrogen and oxygen atoms in total. The van der Waals surface area contributed by atoms with Crippen molar-refractivity contribution >= 4 is 22.5 Å². The molecule has 0 radical (unpaired) electrons. The number of fused-ring (bicyclic) bond motifs is 1. The molecule has 0 amide bonds. The average Bonchev–Trinajstić information content (AvgIpc) is 3.25. The minimum Gasteiger partial charge on any atom is -0.382 e. The molecule has 0 saturated carbocycles. The molecule has 0 atom stereocenters. The Morgan fingerprint density at radius 1 is 1.26 bits per heavy atom. The Hall–Kier alpha value is -3.49. The van der Waals surface area contributed by atoms with Gasteiger partial charge >= 0.3 is 0 Å². The number of nitrogens with two attached hydrogens (primary N) is 1. The van der Waals surface area contributed by atoms with Crippen molar-refractivity contribution in [3.8, 4) is 11.5 Å². The van der Waals surface area contributed by atoms with Gasteiger partial charge in [-0.05, 0) is 41.4 Å². The Bertz CT molecular complexity index is 1090. The van der Waals surface area contributed by atoms with Crippen LogP contribution in [0.15, 0.2) is 41.3 Å². The van der Waals surface area contributed by atoms with Crippen LogP contribution in [0.1, 0.15) is 12.5 Å². The lowest BCUT2D eigenvalue weighted by atomic mass is 10.1. The summed E-state index contributed by atoms with van der Waals surface area (Å²) in [7, 11) is 0. The van der Waals surface area contributed by atoms with E-state index in [4.69, 9.17) is 10.4 Å². The highest BCUT2D eigenvalue weighted by atomic mass is 19.1. The van der Waals surface area contributed by atoms with Gasteiger partial charge in [-0.1, -0.05) is 12.1 Å². The van der Waals surface area contributed by atoms with Crippen LogP contribution < -0.4 is 11.1 Å². The van der Waals surface area contributed by atoms with Crippen molar-refractivity contribution in [3.05, 3.63) is 48.0 Å². The second-order valence-electron chi connectivity index (χ2n) is 6.04. The molecule has 3 heterocycles. The molecule has 138 valence electrons. The first-order valence-electron chi connectivity index (χ1n) is 8.58. The Kier molecular flexibility index (Phi) is 4.41. The van der Waals surface area contributed by atoms with E-state index < -0.39 is 0 Å². The van der Waals surface area contributed by atoms with Crippen molar-refractivity contribution in [1.82, 2.24) is 24.8 Å². The summed E-state index contributed by atoms with van der Waals surface area (Å²) in [6, 6.07) is 6.59. The summed E-state index contributed by atoms with van der Waals surface area (Å²) < 4.78 is 20.0. The van der Waals surface area contributed by atoms with E-state index in [1.165, 1.54) is 12.1 Å². The third kappa shape index (κ3) is 3.19. The van der Waals surface area contributed by atoms with Crippen LogP contribution in [0, 0.1) is 5.82 Å². The summed E-state index contributed by atoms with van der Waals surface area (Å²) in [4.78, 5) is 8.85. The van der Waals surface area contributed by atoms with Crippen molar-refractivity contribution in [2.45, 2.75) is 19.9 Å². The molecule has 4 rings (SSSR count). The number of nitrogen functional groups attached to an aromatic ring is 1. The van der Waals surface area contributed by atoms with Gasteiger partial charge in [0.1, 0.15) is 11.3 Å². The van der Waals surface area contributed by atoms with Gasteiger partial charge in [0.15, 0.2) is 17.3 Å². The van der Waals surface area contributed by atoms with Crippen LogP contribution in [0.25, 0.3) is 22.6 Å². The fourth-order valence-corrected chi connectivity index (χ4v) is 3.09. The van der Waals surface area contributed by atoms with Gasteiger partial charge in [0.2, 0.25) is 0 Å². The summed E-state index contributed by atoms with van der Waals surface area (Å²) >= 11 is 0. The van der Waals surface area contributed by atoms with Crippen LogP contribution in [0.2, 0.25) is 0 Å². The molecule has 0 saturated heterocycles. The molecule has 3 aromatic heterocycles. The molecule has 0 spiro atoms. The number of aromatic nitrogens is 5. The van der Waals surface area contributed by atoms with E-state index in [2.05, 4.69) is 25.6 Å². The maximum absolute atomic E-state index is 13.3. The number of anilines is 2. The SMILES string of the molecule is CCn1c(-c2nonc2N)nc2cncc(NCCc3cccc(F)c3)c21. The minimum atomic E-state index is -0.233. The summed E-state index contributed by atoms with van der Waals surface area (Å²) in [6.45, 7) is 3.29. The first kappa shape index (κ1) is 17.0. The maximum Gasteiger partial charge on any atom is 0.199 e. The van der Waals surface area contributed by atoms with Gasteiger partial charge in [0, 0.05) is 13.1 Å². The maximum atomic E-state index is 13.3. The predicted molar refractivity (Wildman–Crippen MR) is 99.5 cm³/mol. The normalized spacial score (nSPS) is 11.2. The third-order valence-corrected chi connectivity index (χ3v) is 4.31. The highest BCUT2D eigenvalue weighted by molar-refractivity contribution is 5.90. The predicted octanol–water partition coefficient (Wildman–Crippen LogP) is 2.88. The summed E-state index contributed by atoms with van der Waals surface area (Å²) in [5, 5.41) is 10.9. The molecule has 0 unspecified atom stereocenters. The first-order valence-corrected chi connectivity index (χ1v) is 8.58. The van der Waals surface area contributed by atoms with Gasteiger partial charge < -0.3 is 15.6 Å². The fraction of sp³-hybridized carbons (Fsp3) is 0.222. The number of benzene rings is 1. The second-order valence-corrected chi connectivity index (χ2v) is 6.04. The number of nitrogens with one attached hydrogen (secondary N) is 1. The molecule has 4 aromatic rings.